The lowest BCUT2D eigenvalue weighted by molar-refractivity contribution is 0.102. The van der Waals surface area contributed by atoms with Crippen molar-refractivity contribution in [2.24, 2.45) is 0 Å². The van der Waals surface area contributed by atoms with E-state index in [0.29, 0.717) is 24.3 Å². The maximum atomic E-state index is 12.7. The van der Waals surface area contributed by atoms with Gasteiger partial charge in [-0.3, -0.25) is 9.10 Å². The molecule has 1 N–H and O–H groups in total. The topological polar surface area (TPSA) is 66.5 Å². The summed E-state index contributed by atoms with van der Waals surface area (Å²) in [5.74, 6) is -0.233. The highest BCUT2D eigenvalue weighted by molar-refractivity contribution is 7.93. The number of benzene rings is 2. The molecule has 0 saturated carbocycles. The predicted molar refractivity (Wildman–Crippen MR) is 106 cm³/mol. The number of carbonyl (C=O) groups is 1. The molecule has 1 amide bonds. The molecule has 0 radical (unpaired) electrons. The van der Waals surface area contributed by atoms with Crippen LogP contribution >= 0.6 is 11.6 Å². The number of nitrogens with one attached hydrogen (secondary N) is 1. The number of rotatable bonds is 5. The third-order valence-electron chi connectivity index (χ3n) is 4.31. The molecule has 138 valence electrons. The van der Waals surface area contributed by atoms with Crippen LogP contribution in [0.4, 0.5) is 11.4 Å². The quantitative estimate of drug-likeness (QED) is 0.833. The molecule has 0 aromatic heterocycles. The van der Waals surface area contributed by atoms with E-state index in [-0.39, 0.29) is 22.2 Å². The van der Waals surface area contributed by atoms with Crippen LogP contribution in [0.25, 0.3) is 0 Å². The van der Waals surface area contributed by atoms with Gasteiger partial charge in [-0.1, -0.05) is 37.1 Å². The van der Waals surface area contributed by atoms with E-state index in [9.17, 15) is 13.2 Å². The van der Waals surface area contributed by atoms with Gasteiger partial charge in [-0.05, 0) is 48.7 Å². The summed E-state index contributed by atoms with van der Waals surface area (Å²) < 4.78 is 25.6. The second-order valence-electron chi connectivity index (χ2n) is 6.31. The fraction of sp³-hybridized carbons (Fsp3) is 0.316. The summed E-state index contributed by atoms with van der Waals surface area (Å²) in [7, 11) is -3.31. The SMILES string of the molecule is CCCc1cccc(NC(=O)c2cc(N3CCCS3(=O)=O)ccc2Cl)c1. The summed E-state index contributed by atoms with van der Waals surface area (Å²) >= 11 is 6.19. The summed E-state index contributed by atoms with van der Waals surface area (Å²) in [4.78, 5) is 12.7. The molecule has 0 bridgehead atoms. The molecule has 2 aromatic rings. The van der Waals surface area contributed by atoms with Crippen LogP contribution in [0, 0.1) is 0 Å². The van der Waals surface area contributed by atoms with Crippen LogP contribution in [-0.4, -0.2) is 26.6 Å². The van der Waals surface area contributed by atoms with Crippen molar-refractivity contribution in [1.29, 1.82) is 0 Å². The van der Waals surface area contributed by atoms with E-state index in [1.54, 1.807) is 12.1 Å². The van der Waals surface area contributed by atoms with Crippen LogP contribution in [0.5, 0.6) is 0 Å². The van der Waals surface area contributed by atoms with Crippen LogP contribution in [0.15, 0.2) is 42.5 Å². The van der Waals surface area contributed by atoms with Crippen molar-refractivity contribution >= 4 is 38.9 Å². The molecular formula is C19H21ClN2O3S. The Labute approximate surface area is 159 Å². The van der Waals surface area contributed by atoms with E-state index in [4.69, 9.17) is 11.6 Å². The molecular weight excluding hydrogens is 372 g/mol. The Morgan fingerprint density at radius 2 is 2.04 bits per heavy atom. The lowest BCUT2D eigenvalue weighted by Crippen LogP contribution is -2.25. The molecule has 1 fully saturated rings. The number of hydrogen-bond donors (Lipinski definition) is 1. The van der Waals surface area contributed by atoms with Gasteiger partial charge in [0.1, 0.15) is 0 Å². The van der Waals surface area contributed by atoms with Crippen LogP contribution in [-0.2, 0) is 16.4 Å². The molecule has 1 saturated heterocycles. The van der Waals surface area contributed by atoms with Gasteiger partial charge in [0.2, 0.25) is 10.0 Å². The Morgan fingerprint density at radius 3 is 2.73 bits per heavy atom. The number of anilines is 2. The van der Waals surface area contributed by atoms with Crippen LogP contribution in [0.2, 0.25) is 5.02 Å². The zero-order valence-corrected chi connectivity index (χ0v) is 16.1. The number of hydrogen-bond acceptors (Lipinski definition) is 3. The van der Waals surface area contributed by atoms with Gasteiger partial charge in [0, 0.05) is 12.2 Å². The van der Waals surface area contributed by atoms with E-state index in [0.717, 1.165) is 18.4 Å². The van der Waals surface area contributed by atoms with Crippen molar-refractivity contribution in [3.63, 3.8) is 0 Å². The first-order valence-electron chi connectivity index (χ1n) is 8.61. The molecule has 3 rings (SSSR count). The molecule has 7 heteroatoms. The molecule has 5 nitrogen and oxygen atoms in total. The number of sulfonamides is 1. The van der Waals surface area contributed by atoms with Crippen molar-refractivity contribution in [1.82, 2.24) is 0 Å². The van der Waals surface area contributed by atoms with Gasteiger partial charge in [-0.2, -0.15) is 0 Å². The first-order chi connectivity index (χ1) is 12.4. The lowest BCUT2D eigenvalue weighted by Gasteiger charge is -2.18. The zero-order valence-electron chi connectivity index (χ0n) is 14.5. The van der Waals surface area contributed by atoms with Crippen molar-refractivity contribution in [2.75, 3.05) is 21.9 Å². The Bertz CT molecular complexity index is 928. The summed E-state index contributed by atoms with van der Waals surface area (Å²) in [6.07, 6.45) is 2.54. The fourth-order valence-electron chi connectivity index (χ4n) is 3.06. The largest absolute Gasteiger partial charge is 0.322 e. The first kappa shape index (κ1) is 18.7. The minimum atomic E-state index is -3.31. The lowest BCUT2D eigenvalue weighted by atomic mass is 10.1. The number of carbonyl (C=O) groups excluding carboxylic acids is 1. The highest BCUT2D eigenvalue weighted by Gasteiger charge is 2.29. The van der Waals surface area contributed by atoms with Gasteiger partial charge in [-0.25, -0.2) is 8.42 Å². The minimum absolute atomic E-state index is 0.126. The van der Waals surface area contributed by atoms with E-state index in [2.05, 4.69) is 12.2 Å². The Kier molecular flexibility index (Phi) is 5.53. The van der Waals surface area contributed by atoms with Gasteiger partial charge in [0.15, 0.2) is 0 Å². The Hall–Kier alpha value is -2.05. The standard InChI is InChI=1S/C19H21ClN2O3S/c1-2-5-14-6-3-7-15(12-14)21-19(23)17-13-16(8-9-18(17)20)22-10-4-11-26(22,24)25/h3,6-9,12-13H,2,4-5,10-11H2,1H3,(H,21,23). The minimum Gasteiger partial charge on any atom is -0.322 e. The molecule has 0 unspecified atom stereocenters. The molecule has 0 spiro atoms. The Balaban J connectivity index is 1.85. The number of nitrogens with zero attached hydrogens (tertiary/aromatic N) is 1. The van der Waals surface area contributed by atoms with Gasteiger partial charge in [0.05, 0.1) is 22.0 Å². The first-order valence-corrected chi connectivity index (χ1v) is 10.6. The highest BCUT2D eigenvalue weighted by atomic mass is 35.5. The third kappa shape index (κ3) is 4.02. The second kappa shape index (κ2) is 7.68. The Morgan fingerprint density at radius 1 is 1.23 bits per heavy atom. The van der Waals surface area contributed by atoms with Crippen LogP contribution < -0.4 is 9.62 Å². The summed E-state index contributed by atoms with van der Waals surface area (Å²) in [6.45, 7) is 2.52. The molecule has 1 heterocycles. The maximum Gasteiger partial charge on any atom is 0.257 e. The van der Waals surface area contributed by atoms with Gasteiger partial charge in [-0.15, -0.1) is 0 Å². The van der Waals surface area contributed by atoms with E-state index in [1.165, 1.54) is 10.4 Å². The highest BCUT2D eigenvalue weighted by Crippen LogP contribution is 2.29. The third-order valence-corrected chi connectivity index (χ3v) is 6.50. The fourth-order valence-corrected chi connectivity index (χ4v) is 4.82. The van der Waals surface area contributed by atoms with Crippen molar-refractivity contribution in [3.05, 3.63) is 58.6 Å². The molecule has 1 aliphatic heterocycles. The number of halogens is 1. The van der Waals surface area contributed by atoms with Gasteiger partial charge in [0.25, 0.3) is 5.91 Å². The zero-order chi connectivity index (χ0) is 18.7. The average Bonchev–Trinajstić information content (AvgIpc) is 2.95. The summed E-state index contributed by atoms with van der Waals surface area (Å²) in [5, 5.41) is 3.13. The monoisotopic (exact) mass is 392 g/mol. The average molecular weight is 393 g/mol. The van der Waals surface area contributed by atoms with E-state index < -0.39 is 10.0 Å². The molecule has 2 aromatic carbocycles. The number of aryl methyl sites for hydroxylation is 1. The van der Waals surface area contributed by atoms with Crippen molar-refractivity contribution < 1.29 is 13.2 Å². The normalized spacial score (nSPS) is 15.8. The van der Waals surface area contributed by atoms with Crippen LogP contribution in [0.3, 0.4) is 0 Å². The van der Waals surface area contributed by atoms with Crippen molar-refractivity contribution in [2.45, 2.75) is 26.2 Å². The maximum absolute atomic E-state index is 12.7. The smallest absolute Gasteiger partial charge is 0.257 e. The van der Waals surface area contributed by atoms with E-state index in [1.807, 2.05) is 24.3 Å². The molecule has 26 heavy (non-hydrogen) atoms. The second-order valence-corrected chi connectivity index (χ2v) is 8.73. The van der Waals surface area contributed by atoms with E-state index >= 15 is 0 Å². The summed E-state index contributed by atoms with van der Waals surface area (Å²) in [6, 6.07) is 12.4. The predicted octanol–water partition coefficient (Wildman–Crippen LogP) is 4.08. The summed E-state index contributed by atoms with van der Waals surface area (Å²) in [5.41, 5.74) is 2.56. The van der Waals surface area contributed by atoms with Gasteiger partial charge < -0.3 is 5.32 Å². The van der Waals surface area contributed by atoms with Gasteiger partial charge >= 0.3 is 0 Å². The molecule has 1 aliphatic rings. The van der Waals surface area contributed by atoms with Crippen LogP contribution in [0.1, 0.15) is 35.7 Å². The number of amides is 1. The van der Waals surface area contributed by atoms with Crippen molar-refractivity contribution in [3.8, 4) is 0 Å². The molecule has 0 aliphatic carbocycles. The molecule has 0 atom stereocenters.